The van der Waals surface area contributed by atoms with Gasteiger partial charge in [0.15, 0.2) is 0 Å². The average Bonchev–Trinajstić information content (AvgIpc) is 2.95. The quantitative estimate of drug-likeness (QED) is 0.460. The first-order chi connectivity index (χ1) is 13.8. The molecule has 1 unspecified atom stereocenters. The number of aromatic nitrogens is 1. The van der Waals surface area contributed by atoms with E-state index in [1.54, 1.807) is 30.6 Å². The molecule has 1 aromatic heterocycles. The molecule has 1 aliphatic heterocycles. The van der Waals surface area contributed by atoms with E-state index in [0.29, 0.717) is 17.7 Å². The number of aryl methyl sites for hydroxylation is 2. The number of hydrogen-bond donors (Lipinski definition) is 1. The zero-order valence-electron chi connectivity index (χ0n) is 17.2. The molecular formula is C23H26N2O4. The zero-order chi connectivity index (χ0) is 21.1. The van der Waals surface area contributed by atoms with E-state index in [0.717, 1.165) is 11.1 Å². The smallest absolute Gasteiger partial charge is 0.295 e. The van der Waals surface area contributed by atoms with Gasteiger partial charge in [-0.15, -0.1) is 0 Å². The molecule has 3 rings (SSSR count). The van der Waals surface area contributed by atoms with Gasteiger partial charge in [-0.25, -0.2) is 0 Å². The number of Topliss-reactive ketones (excluding diaryl/α,β-unsaturated/α-hetero) is 1. The fourth-order valence-corrected chi connectivity index (χ4v) is 3.43. The van der Waals surface area contributed by atoms with Gasteiger partial charge >= 0.3 is 0 Å². The van der Waals surface area contributed by atoms with Gasteiger partial charge in [-0.1, -0.05) is 12.1 Å². The Morgan fingerprint density at radius 2 is 1.83 bits per heavy atom. The number of carbonyl (C=O) groups is 2. The van der Waals surface area contributed by atoms with Crippen molar-refractivity contribution in [1.29, 1.82) is 0 Å². The van der Waals surface area contributed by atoms with Crippen molar-refractivity contribution in [2.45, 2.75) is 39.8 Å². The molecule has 29 heavy (non-hydrogen) atoms. The van der Waals surface area contributed by atoms with E-state index in [9.17, 15) is 14.7 Å². The van der Waals surface area contributed by atoms with Crippen molar-refractivity contribution >= 4 is 17.4 Å². The molecule has 0 aliphatic carbocycles. The Labute approximate surface area is 170 Å². The third kappa shape index (κ3) is 4.22. The number of aliphatic hydroxyl groups excluding tert-OH is 1. The Morgan fingerprint density at radius 1 is 1.14 bits per heavy atom. The molecule has 1 saturated heterocycles. The van der Waals surface area contributed by atoms with Gasteiger partial charge in [-0.05, 0) is 62.6 Å². The monoisotopic (exact) mass is 394 g/mol. The van der Waals surface area contributed by atoms with Crippen LogP contribution in [0.4, 0.5) is 0 Å². The highest BCUT2D eigenvalue weighted by molar-refractivity contribution is 6.46. The third-order valence-electron chi connectivity index (χ3n) is 5.13. The summed E-state index contributed by atoms with van der Waals surface area (Å²) in [6.45, 7) is 8.29. The number of pyridine rings is 1. The second-order valence-corrected chi connectivity index (χ2v) is 7.49. The highest BCUT2D eigenvalue weighted by Crippen LogP contribution is 2.39. The van der Waals surface area contributed by atoms with Crippen LogP contribution in [0, 0.1) is 13.8 Å². The van der Waals surface area contributed by atoms with Crippen molar-refractivity contribution in [2.24, 2.45) is 0 Å². The number of ketones is 1. The lowest BCUT2D eigenvalue weighted by molar-refractivity contribution is -0.140. The largest absolute Gasteiger partial charge is 0.507 e. The van der Waals surface area contributed by atoms with Crippen LogP contribution in [-0.2, 0) is 14.3 Å². The van der Waals surface area contributed by atoms with Gasteiger partial charge in [0.25, 0.3) is 11.7 Å². The first-order valence-corrected chi connectivity index (χ1v) is 9.68. The van der Waals surface area contributed by atoms with E-state index in [-0.39, 0.29) is 24.0 Å². The van der Waals surface area contributed by atoms with Gasteiger partial charge in [0.2, 0.25) is 0 Å². The highest BCUT2D eigenvalue weighted by atomic mass is 16.5. The predicted octanol–water partition coefficient (Wildman–Crippen LogP) is 3.55. The predicted molar refractivity (Wildman–Crippen MR) is 110 cm³/mol. The summed E-state index contributed by atoms with van der Waals surface area (Å²) in [6, 6.07) is 8.29. The van der Waals surface area contributed by atoms with Gasteiger partial charge in [0.1, 0.15) is 5.76 Å². The Bertz CT molecular complexity index is 951. The maximum atomic E-state index is 12.9. The maximum Gasteiger partial charge on any atom is 0.295 e. The summed E-state index contributed by atoms with van der Waals surface area (Å²) in [5, 5.41) is 11.0. The van der Waals surface area contributed by atoms with Crippen molar-refractivity contribution in [3.05, 3.63) is 70.6 Å². The van der Waals surface area contributed by atoms with Crippen LogP contribution in [-0.4, -0.2) is 45.9 Å². The molecule has 2 aromatic rings. The van der Waals surface area contributed by atoms with E-state index in [4.69, 9.17) is 4.74 Å². The van der Waals surface area contributed by atoms with Crippen molar-refractivity contribution in [3.8, 4) is 0 Å². The Morgan fingerprint density at radius 3 is 2.45 bits per heavy atom. The molecule has 2 heterocycles. The van der Waals surface area contributed by atoms with Crippen LogP contribution in [0.25, 0.3) is 5.76 Å². The summed E-state index contributed by atoms with van der Waals surface area (Å²) in [5.41, 5.74) is 3.40. The summed E-state index contributed by atoms with van der Waals surface area (Å²) < 4.78 is 5.58. The number of amides is 1. The summed E-state index contributed by atoms with van der Waals surface area (Å²) in [5.74, 6) is -1.49. The molecule has 1 aliphatic rings. The molecule has 152 valence electrons. The lowest BCUT2D eigenvalue weighted by Crippen LogP contribution is -2.33. The number of hydrogen-bond acceptors (Lipinski definition) is 5. The van der Waals surface area contributed by atoms with E-state index in [1.807, 2.05) is 39.8 Å². The first kappa shape index (κ1) is 20.7. The fourth-order valence-electron chi connectivity index (χ4n) is 3.43. The number of carbonyl (C=O) groups excluding carboxylic acids is 2. The first-order valence-electron chi connectivity index (χ1n) is 9.68. The molecule has 0 saturated carbocycles. The SMILES string of the molecule is Cc1ccc(/C(O)=C2/C(=O)C(=O)N(CCOC(C)C)C2c2ccncc2)cc1C. The Balaban J connectivity index is 2.09. The Hall–Kier alpha value is -2.99. The van der Waals surface area contributed by atoms with Crippen LogP contribution in [0.2, 0.25) is 0 Å². The minimum Gasteiger partial charge on any atom is -0.507 e. The molecule has 1 N–H and O–H groups in total. The molecule has 6 heteroatoms. The Kier molecular flexibility index (Phi) is 6.13. The van der Waals surface area contributed by atoms with Gasteiger partial charge in [-0.2, -0.15) is 0 Å². The molecule has 1 fully saturated rings. The second-order valence-electron chi connectivity index (χ2n) is 7.49. The average molecular weight is 394 g/mol. The topological polar surface area (TPSA) is 79.7 Å². The van der Waals surface area contributed by atoms with Crippen molar-refractivity contribution in [3.63, 3.8) is 0 Å². The molecule has 6 nitrogen and oxygen atoms in total. The van der Waals surface area contributed by atoms with Crippen molar-refractivity contribution in [1.82, 2.24) is 9.88 Å². The summed E-state index contributed by atoms with van der Waals surface area (Å²) in [4.78, 5) is 31.2. The normalized spacial score (nSPS) is 18.7. The molecule has 1 atom stereocenters. The lowest BCUT2D eigenvalue weighted by Gasteiger charge is -2.25. The standard InChI is InChI=1S/C23H26N2O4/c1-14(2)29-12-11-25-20(17-7-9-24-10-8-17)19(22(27)23(25)28)21(26)18-6-5-15(3)16(4)13-18/h5-10,13-14,20,26H,11-12H2,1-4H3/b21-19-. The summed E-state index contributed by atoms with van der Waals surface area (Å²) in [7, 11) is 0. The minimum absolute atomic E-state index is 0.0155. The van der Waals surface area contributed by atoms with E-state index < -0.39 is 17.7 Å². The van der Waals surface area contributed by atoms with Crippen molar-refractivity contribution in [2.75, 3.05) is 13.2 Å². The van der Waals surface area contributed by atoms with Gasteiger partial charge in [-0.3, -0.25) is 14.6 Å². The number of rotatable bonds is 6. The van der Waals surface area contributed by atoms with Crippen LogP contribution in [0.15, 0.2) is 48.3 Å². The van der Waals surface area contributed by atoms with E-state index >= 15 is 0 Å². The molecule has 0 spiro atoms. The number of ether oxygens (including phenoxy) is 1. The molecule has 1 aromatic carbocycles. The van der Waals surface area contributed by atoms with Gasteiger partial charge in [0, 0.05) is 24.5 Å². The molecule has 0 bridgehead atoms. The molecule has 1 amide bonds. The summed E-state index contributed by atoms with van der Waals surface area (Å²) in [6.07, 6.45) is 3.23. The van der Waals surface area contributed by atoms with Crippen LogP contribution in [0.3, 0.4) is 0 Å². The number of likely N-dealkylation sites (tertiary alicyclic amines) is 1. The zero-order valence-corrected chi connectivity index (χ0v) is 17.2. The number of aliphatic hydroxyl groups is 1. The van der Waals surface area contributed by atoms with Crippen LogP contribution >= 0.6 is 0 Å². The van der Waals surface area contributed by atoms with Crippen LogP contribution in [0.1, 0.15) is 42.1 Å². The highest BCUT2D eigenvalue weighted by Gasteiger charge is 2.45. The molecular weight excluding hydrogens is 368 g/mol. The van der Waals surface area contributed by atoms with E-state index in [1.165, 1.54) is 4.90 Å². The number of benzene rings is 1. The van der Waals surface area contributed by atoms with Crippen LogP contribution in [0.5, 0.6) is 0 Å². The summed E-state index contributed by atoms with van der Waals surface area (Å²) >= 11 is 0. The van der Waals surface area contributed by atoms with Gasteiger partial charge in [0.05, 0.1) is 24.3 Å². The minimum atomic E-state index is -0.688. The lowest BCUT2D eigenvalue weighted by atomic mass is 9.95. The van der Waals surface area contributed by atoms with Crippen molar-refractivity contribution < 1.29 is 19.4 Å². The fraction of sp³-hybridized carbons (Fsp3) is 0.348. The maximum absolute atomic E-state index is 12.9. The second kappa shape index (κ2) is 8.57. The van der Waals surface area contributed by atoms with Gasteiger partial charge < -0.3 is 14.7 Å². The third-order valence-corrected chi connectivity index (χ3v) is 5.13. The van der Waals surface area contributed by atoms with Crippen LogP contribution < -0.4 is 0 Å². The van der Waals surface area contributed by atoms with E-state index in [2.05, 4.69) is 4.98 Å². The molecule has 0 radical (unpaired) electrons. The number of nitrogens with zero attached hydrogens (tertiary/aromatic N) is 2.